The van der Waals surface area contributed by atoms with Gasteiger partial charge in [0.25, 0.3) is 11.8 Å². The van der Waals surface area contributed by atoms with E-state index in [4.69, 9.17) is 14.2 Å². The maximum absolute atomic E-state index is 12.8. The van der Waals surface area contributed by atoms with Crippen molar-refractivity contribution >= 4 is 17.5 Å². The number of anilines is 1. The molecular weight excluding hydrogens is 398 g/mol. The smallest absolute Gasteiger partial charge is 0.255 e. The summed E-state index contributed by atoms with van der Waals surface area (Å²) in [5.74, 6) is 0.442. The van der Waals surface area contributed by atoms with Gasteiger partial charge < -0.3 is 24.8 Å². The number of nitrogens with one attached hydrogen (secondary N) is 2. The molecule has 166 valence electrons. The SMILES string of the molecule is COc1cc(OC)cc(C(=O)Nc2ccccc2C(=O)NCCCN2CCOCC2)c1. The number of morpholine rings is 1. The third-order valence-corrected chi connectivity index (χ3v) is 5.07. The lowest BCUT2D eigenvalue weighted by Gasteiger charge is -2.26. The number of hydrogen-bond donors (Lipinski definition) is 2. The minimum atomic E-state index is -0.357. The topological polar surface area (TPSA) is 89.1 Å². The van der Waals surface area contributed by atoms with Gasteiger partial charge in [-0.3, -0.25) is 14.5 Å². The van der Waals surface area contributed by atoms with E-state index in [1.807, 2.05) is 0 Å². The fourth-order valence-electron chi connectivity index (χ4n) is 3.35. The van der Waals surface area contributed by atoms with E-state index < -0.39 is 0 Å². The van der Waals surface area contributed by atoms with Gasteiger partial charge in [0, 0.05) is 31.3 Å². The Kier molecular flexibility index (Phi) is 8.26. The molecule has 0 spiro atoms. The van der Waals surface area contributed by atoms with Gasteiger partial charge in [-0.2, -0.15) is 0 Å². The average molecular weight is 428 g/mol. The highest BCUT2D eigenvalue weighted by molar-refractivity contribution is 6.09. The number of carbonyl (C=O) groups excluding carboxylic acids is 2. The van der Waals surface area contributed by atoms with Gasteiger partial charge in [-0.15, -0.1) is 0 Å². The molecule has 8 nitrogen and oxygen atoms in total. The highest BCUT2D eigenvalue weighted by Gasteiger charge is 2.16. The van der Waals surface area contributed by atoms with Gasteiger partial charge in [-0.1, -0.05) is 12.1 Å². The van der Waals surface area contributed by atoms with Crippen molar-refractivity contribution in [3.05, 3.63) is 53.6 Å². The van der Waals surface area contributed by atoms with E-state index in [0.29, 0.717) is 34.9 Å². The molecule has 0 radical (unpaired) electrons. The van der Waals surface area contributed by atoms with Gasteiger partial charge >= 0.3 is 0 Å². The van der Waals surface area contributed by atoms with E-state index in [9.17, 15) is 9.59 Å². The average Bonchev–Trinajstić information content (AvgIpc) is 2.82. The summed E-state index contributed by atoms with van der Waals surface area (Å²) in [7, 11) is 3.05. The highest BCUT2D eigenvalue weighted by atomic mass is 16.5. The van der Waals surface area contributed by atoms with Crippen LogP contribution < -0.4 is 20.1 Å². The summed E-state index contributed by atoms with van der Waals surface area (Å²) < 4.78 is 15.8. The van der Waals surface area contributed by atoms with Gasteiger partial charge in [0.2, 0.25) is 0 Å². The predicted molar refractivity (Wildman–Crippen MR) is 118 cm³/mol. The largest absolute Gasteiger partial charge is 0.497 e. The Bertz CT molecular complexity index is 874. The van der Waals surface area contributed by atoms with Crippen LogP contribution in [0.5, 0.6) is 11.5 Å². The van der Waals surface area contributed by atoms with Crippen LogP contribution in [-0.2, 0) is 4.74 Å². The van der Waals surface area contributed by atoms with Crippen molar-refractivity contribution in [1.29, 1.82) is 0 Å². The summed E-state index contributed by atoms with van der Waals surface area (Å²) >= 11 is 0. The normalized spacial score (nSPS) is 14.0. The molecule has 1 aliphatic heterocycles. The standard InChI is InChI=1S/C23H29N3O5/c1-29-18-14-17(15-19(16-18)30-2)22(27)25-21-7-4-3-6-20(21)23(28)24-8-5-9-26-10-12-31-13-11-26/h3-4,6-7,14-16H,5,8-13H2,1-2H3,(H,24,28)(H,25,27). The Morgan fingerprint density at radius 2 is 1.68 bits per heavy atom. The van der Waals surface area contributed by atoms with Crippen LogP contribution in [0.15, 0.2) is 42.5 Å². The molecular formula is C23H29N3O5. The molecule has 0 saturated carbocycles. The van der Waals surface area contributed by atoms with Crippen LogP contribution >= 0.6 is 0 Å². The van der Waals surface area contributed by atoms with Gasteiger partial charge in [0.15, 0.2) is 0 Å². The van der Waals surface area contributed by atoms with E-state index in [1.165, 1.54) is 14.2 Å². The number of nitrogens with zero attached hydrogens (tertiary/aromatic N) is 1. The third-order valence-electron chi connectivity index (χ3n) is 5.07. The van der Waals surface area contributed by atoms with Crippen molar-refractivity contribution in [2.24, 2.45) is 0 Å². The molecule has 0 atom stereocenters. The first-order chi connectivity index (χ1) is 15.1. The maximum Gasteiger partial charge on any atom is 0.255 e. The molecule has 2 amide bonds. The van der Waals surface area contributed by atoms with E-state index in [-0.39, 0.29) is 11.8 Å². The Morgan fingerprint density at radius 3 is 2.35 bits per heavy atom. The van der Waals surface area contributed by atoms with Gasteiger partial charge in [-0.25, -0.2) is 0 Å². The second-order valence-electron chi connectivity index (χ2n) is 7.16. The second-order valence-corrected chi connectivity index (χ2v) is 7.16. The molecule has 8 heteroatoms. The molecule has 2 aromatic carbocycles. The van der Waals surface area contributed by atoms with Gasteiger partial charge in [0.05, 0.1) is 38.7 Å². The van der Waals surface area contributed by atoms with Crippen molar-refractivity contribution in [1.82, 2.24) is 10.2 Å². The summed E-state index contributed by atoms with van der Waals surface area (Å²) in [4.78, 5) is 27.8. The molecule has 0 bridgehead atoms. The zero-order valence-electron chi connectivity index (χ0n) is 18.0. The lowest BCUT2D eigenvalue weighted by atomic mass is 10.1. The van der Waals surface area contributed by atoms with Crippen LogP contribution in [0.2, 0.25) is 0 Å². The van der Waals surface area contributed by atoms with Crippen molar-refractivity contribution in [3.8, 4) is 11.5 Å². The van der Waals surface area contributed by atoms with Crippen molar-refractivity contribution in [3.63, 3.8) is 0 Å². The van der Waals surface area contributed by atoms with E-state index >= 15 is 0 Å². The van der Waals surface area contributed by atoms with Crippen molar-refractivity contribution in [2.75, 3.05) is 58.9 Å². The summed E-state index contributed by atoms with van der Waals surface area (Å²) in [6.45, 7) is 4.86. The second kappa shape index (κ2) is 11.3. The zero-order chi connectivity index (χ0) is 22.1. The fraction of sp³-hybridized carbons (Fsp3) is 0.391. The Balaban J connectivity index is 1.60. The Morgan fingerprint density at radius 1 is 1.00 bits per heavy atom. The molecule has 1 saturated heterocycles. The summed E-state index contributed by atoms with van der Waals surface area (Å²) in [5.41, 5.74) is 1.23. The number of para-hydroxylation sites is 1. The number of benzene rings is 2. The van der Waals surface area contributed by atoms with Crippen LogP contribution in [0.4, 0.5) is 5.69 Å². The number of ether oxygens (including phenoxy) is 3. The van der Waals surface area contributed by atoms with Crippen LogP contribution in [0.1, 0.15) is 27.1 Å². The van der Waals surface area contributed by atoms with Crippen LogP contribution in [-0.4, -0.2) is 70.3 Å². The lowest BCUT2D eigenvalue weighted by Crippen LogP contribution is -2.38. The quantitative estimate of drug-likeness (QED) is 0.598. The predicted octanol–water partition coefficient (Wildman–Crippen LogP) is 2.41. The lowest BCUT2D eigenvalue weighted by molar-refractivity contribution is 0.0374. The van der Waals surface area contributed by atoms with Crippen molar-refractivity contribution in [2.45, 2.75) is 6.42 Å². The van der Waals surface area contributed by atoms with Crippen LogP contribution in [0.25, 0.3) is 0 Å². The molecule has 3 rings (SSSR count). The van der Waals surface area contributed by atoms with Crippen LogP contribution in [0.3, 0.4) is 0 Å². The summed E-state index contributed by atoms with van der Waals surface area (Å²) in [6, 6.07) is 11.9. The summed E-state index contributed by atoms with van der Waals surface area (Å²) in [6.07, 6.45) is 0.851. The molecule has 1 heterocycles. The minimum absolute atomic E-state index is 0.221. The molecule has 0 aromatic heterocycles. The molecule has 2 aromatic rings. The number of methoxy groups -OCH3 is 2. The maximum atomic E-state index is 12.8. The van der Waals surface area contributed by atoms with E-state index in [0.717, 1.165) is 39.3 Å². The van der Waals surface area contributed by atoms with Gasteiger partial charge in [0.1, 0.15) is 11.5 Å². The molecule has 2 N–H and O–H groups in total. The third kappa shape index (κ3) is 6.44. The van der Waals surface area contributed by atoms with E-state index in [2.05, 4.69) is 15.5 Å². The van der Waals surface area contributed by atoms with E-state index in [1.54, 1.807) is 42.5 Å². The fourth-order valence-corrected chi connectivity index (χ4v) is 3.35. The first-order valence-electron chi connectivity index (χ1n) is 10.3. The van der Waals surface area contributed by atoms with Gasteiger partial charge in [-0.05, 0) is 37.2 Å². The first kappa shape index (κ1) is 22.6. The number of hydrogen-bond acceptors (Lipinski definition) is 6. The van der Waals surface area contributed by atoms with Crippen molar-refractivity contribution < 1.29 is 23.8 Å². The minimum Gasteiger partial charge on any atom is -0.497 e. The zero-order valence-corrected chi connectivity index (χ0v) is 18.0. The first-order valence-corrected chi connectivity index (χ1v) is 10.3. The summed E-state index contributed by atoms with van der Waals surface area (Å²) in [5, 5.41) is 5.76. The molecule has 1 fully saturated rings. The molecule has 31 heavy (non-hydrogen) atoms. The Labute approximate surface area is 182 Å². The molecule has 1 aliphatic rings. The van der Waals surface area contributed by atoms with Crippen LogP contribution in [0, 0.1) is 0 Å². The Hall–Kier alpha value is -3.10. The molecule has 0 aliphatic carbocycles. The number of carbonyl (C=O) groups is 2. The molecule has 0 unspecified atom stereocenters. The number of rotatable bonds is 9. The number of amides is 2. The highest BCUT2D eigenvalue weighted by Crippen LogP contribution is 2.24. The monoisotopic (exact) mass is 427 g/mol.